The Hall–Kier alpha value is -2.96. The van der Waals surface area contributed by atoms with Gasteiger partial charge >= 0.3 is 0 Å². The summed E-state index contributed by atoms with van der Waals surface area (Å²) in [5.41, 5.74) is 5.61. The van der Waals surface area contributed by atoms with Crippen molar-refractivity contribution in [1.82, 2.24) is 9.47 Å². The van der Waals surface area contributed by atoms with Gasteiger partial charge in [0.15, 0.2) is 5.79 Å². The zero-order chi connectivity index (χ0) is 28.3. The SMILES string of the molecule is CC(C)c1cc(-c2ccccc2)c(-c2ccc(F)cc2)n1CCC1CC(CC(=O)N2CCCCC2)OC(C)(C)O1. The summed E-state index contributed by atoms with van der Waals surface area (Å²) in [6.07, 6.45) is 5.08. The van der Waals surface area contributed by atoms with Crippen molar-refractivity contribution in [2.75, 3.05) is 13.1 Å². The Morgan fingerprint density at radius 3 is 2.30 bits per heavy atom. The second-order valence-electron chi connectivity index (χ2n) is 12.1. The van der Waals surface area contributed by atoms with Gasteiger partial charge in [-0.1, -0.05) is 44.2 Å². The zero-order valence-electron chi connectivity index (χ0n) is 24.4. The Morgan fingerprint density at radius 2 is 1.62 bits per heavy atom. The van der Waals surface area contributed by atoms with Crippen molar-refractivity contribution in [2.45, 2.75) is 96.7 Å². The van der Waals surface area contributed by atoms with E-state index >= 15 is 0 Å². The molecule has 0 aliphatic carbocycles. The van der Waals surface area contributed by atoms with Crippen LogP contribution in [0.4, 0.5) is 4.39 Å². The van der Waals surface area contributed by atoms with Crippen LogP contribution in [0.1, 0.15) is 77.8 Å². The number of carbonyl (C=O) groups is 1. The first kappa shape index (κ1) is 28.6. The van der Waals surface area contributed by atoms with Crippen LogP contribution in [0.5, 0.6) is 0 Å². The Bertz CT molecular complexity index is 1280. The quantitative estimate of drug-likeness (QED) is 0.290. The fourth-order valence-electron chi connectivity index (χ4n) is 6.31. The molecule has 2 aliphatic heterocycles. The summed E-state index contributed by atoms with van der Waals surface area (Å²) in [4.78, 5) is 15.0. The first-order chi connectivity index (χ1) is 19.2. The maximum Gasteiger partial charge on any atom is 0.225 e. The Kier molecular flexibility index (Phi) is 8.77. The third-order valence-corrected chi connectivity index (χ3v) is 8.14. The molecule has 2 aliphatic rings. The van der Waals surface area contributed by atoms with Crippen molar-refractivity contribution in [2.24, 2.45) is 0 Å². The fraction of sp³-hybridized carbons (Fsp3) is 0.500. The second-order valence-corrected chi connectivity index (χ2v) is 12.1. The number of likely N-dealkylation sites (tertiary alicyclic amines) is 1. The average molecular weight is 547 g/mol. The highest BCUT2D eigenvalue weighted by atomic mass is 19.1. The highest BCUT2D eigenvalue weighted by Gasteiger charge is 2.37. The molecule has 2 fully saturated rings. The average Bonchev–Trinajstić information content (AvgIpc) is 3.32. The standard InChI is InChI=1S/C34H43FN2O3/c1-24(2)31-23-30(25-11-7-5-8-12-25)33(26-13-15-27(35)16-14-26)37(31)20-17-28-21-29(40-34(3,4)39-28)22-32(38)36-18-9-6-10-19-36/h5,7-8,11-16,23-24,28-29H,6,9-10,17-22H2,1-4H3. The fourth-order valence-corrected chi connectivity index (χ4v) is 6.31. The number of hydrogen-bond acceptors (Lipinski definition) is 3. The maximum absolute atomic E-state index is 13.9. The Balaban J connectivity index is 1.40. The van der Waals surface area contributed by atoms with Gasteiger partial charge in [0.2, 0.25) is 5.91 Å². The van der Waals surface area contributed by atoms with E-state index in [4.69, 9.17) is 9.47 Å². The summed E-state index contributed by atoms with van der Waals surface area (Å²) >= 11 is 0. The van der Waals surface area contributed by atoms with Crippen LogP contribution in [-0.4, -0.2) is 46.5 Å². The van der Waals surface area contributed by atoms with Crippen LogP contribution in [0.15, 0.2) is 60.7 Å². The Morgan fingerprint density at radius 1 is 0.950 bits per heavy atom. The van der Waals surface area contributed by atoms with Crippen LogP contribution in [0.2, 0.25) is 0 Å². The predicted molar refractivity (Wildman–Crippen MR) is 157 cm³/mol. The third kappa shape index (κ3) is 6.67. The van der Waals surface area contributed by atoms with E-state index in [-0.39, 0.29) is 23.9 Å². The van der Waals surface area contributed by atoms with Crippen LogP contribution in [0.25, 0.3) is 22.4 Å². The third-order valence-electron chi connectivity index (χ3n) is 8.14. The molecule has 5 nitrogen and oxygen atoms in total. The summed E-state index contributed by atoms with van der Waals surface area (Å²) in [5.74, 6) is -0.490. The van der Waals surface area contributed by atoms with E-state index in [1.54, 1.807) is 0 Å². The molecule has 5 rings (SSSR count). The summed E-state index contributed by atoms with van der Waals surface area (Å²) in [5, 5.41) is 0. The molecule has 2 saturated heterocycles. The van der Waals surface area contributed by atoms with Gasteiger partial charge in [-0.15, -0.1) is 0 Å². The van der Waals surface area contributed by atoms with Crippen molar-refractivity contribution in [3.05, 3.63) is 72.2 Å². The maximum atomic E-state index is 13.9. The molecule has 0 saturated carbocycles. The van der Waals surface area contributed by atoms with E-state index in [1.165, 1.54) is 24.2 Å². The number of benzene rings is 2. The molecule has 6 heteroatoms. The largest absolute Gasteiger partial charge is 0.347 e. The van der Waals surface area contributed by atoms with Gasteiger partial charge in [0, 0.05) is 37.3 Å². The number of piperidine rings is 1. The van der Waals surface area contributed by atoms with E-state index < -0.39 is 5.79 Å². The summed E-state index contributed by atoms with van der Waals surface area (Å²) < 4.78 is 28.9. The van der Waals surface area contributed by atoms with Crippen molar-refractivity contribution < 1.29 is 18.7 Å². The highest BCUT2D eigenvalue weighted by molar-refractivity contribution is 5.83. The van der Waals surface area contributed by atoms with Gasteiger partial charge in [-0.3, -0.25) is 4.79 Å². The first-order valence-corrected chi connectivity index (χ1v) is 14.9. The smallest absolute Gasteiger partial charge is 0.225 e. The number of rotatable bonds is 8. The minimum absolute atomic E-state index is 0.0356. The topological polar surface area (TPSA) is 43.7 Å². The first-order valence-electron chi connectivity index (χ1n) is 14.9. The monoisotopic (exact) mass is 546 g/mol. The van der Waals surface area contributed by atoms with E-state index in [0.29, 0.717) is 18.8 Å². The molecule has 0 bridgehead atoms. The lowest BCUT2D eigenvalue weighted by molar-refractivity contribution is -0.300. The van der Waals surface area contributed by atoms with Gasteiger partial charge in [-0.2, -0.15) is 0 Å². The van der Waals surface area contributed by atoms with Crippen molar-refractivity contribution >= 4 is 5.91 Å². The van der Waals surface area contributed by atoms with E-state index in [2.05, 4.69) is 48.7 Å². The van der Waals surface area contributed by atoms with E-state index in [9.17, 15) is 9.18 Å². The number of aromatic nitrogens is 1. The molecular weight excluding hydrogens is 503 g/mol. The molecule has 40 heavy (non-hydrogen) atoms. The van der Waals surface area contributed by atoms with Gasteiger partial charge in [-0.25, -0.2) is 4.39 Å². The molecule has 3 heterocycles. The van der Waals surface area contributed by atoms with Crippen molar-refractivity contribution in [1.29, 1.82) is 0 Å². The minimum Gasteiger partial charge on any atom is -0.347 e. The molecule has 0 spiro atoms. The summed E-state index contributed by atoms with van der Waals surface area (Å²) in [7, 11) is 0. The highest BCUT2D eigenvalue weighted by Crippen LogP contribution is 2.39. The lowest BCUT2D eigenvalue weighted by Crippen LogP contribution is -2.47. The molecular formula is C34H43FN2O3. The van der Waals surface area contributed by atoms with Gasteiger partial charge < -0.3 is 18.9 Å². The normalized spacial score (nSPS) is 21.1. The zero-order valence-corrected chi connectivity index (χ0v) is 24.4. The van der Waals surface area contributed by atoms with Crippen molar-refractivity contribution in [3.8, 4) is 22.4 Å². The molecule has 2 atom stereocenters. The predicted octanol–water partition coefficient (Wildman–Crippen LogP) is 7.79. The van der Waals surface area contributed by atoms with Crippen LogP contribution in [0.3, 0.4) is 0 Å². The van der Waals surface area contributed by atoms with Crippen LogP contribution in [0, 0.1) is 5.82 Å². The lowest BCUT2D eigenvalue weighted by Gasteiger charge is -2.41. The summed E-state index contributed by atoms with van der Waals surface area (Å²) in [6.45, 7) is 10.8. The van der Waals surface area contributed by atoms with Crippen molar-refractivity contribution in [3.63, 3.8) is 0 Å². The number of ether oxygens (including phenoxy) is 2. The summed E-state index contributed by atoms with van der Waals surface area (Å²) in [6, 6.07) is 19.5. The van der Waals surface area contributed by atoms with Gasteiger partial charge in [0.05, 0.1) is 24.3 Å². The number of nitrogens with zero attached hydrogens (tertiary/aromatic N) is 2. The van der Waals surface area contributed by atoms with Gasteiger partial charge in [0.25, 0.3) is 0 Å². The number of halogens is 1. The molecule has 2 aromatic carbocycles. The molecule has 214 valence electrons. The molecule has 0 N–H and O–H groups in total. The Labute approximate surface area is 238 Å². The second kappa shape index (κ2) is 12.3. The van der Waals surface area contributed by atoms with Gasteiger partial charge in [-0.05, 0) is 86.9 Å². The molecule has 3 aromatic rings. The van der Waals surface area contributed by atoms with Crippen LogP contribution in [-0.2, 0) is 20.8 Å². The molecule has 1 amide bonds. The van der Waals surface area contributed by atoms with E-state index in [0.717, 1.165) is 61.3 Å². The molecule has 0 radical (unpaired) electrons. The molecule has 2 unspecified atom stereocenters. The molecule has 1 aromatic heterocycles. The van der Waals surface area contributed by atoms with E-state index in [1.807, 2.05) is 36.9 Å². The lowest BCUT2D eigenvalue weighted by atomic mass is 10.0. The van der Waals surface area contributed by atoms with Gasteiger partial charge in [0.1, 0.15) is 5.82 Å². The number of amides is 1. The number of hydrogen-bond donors (Lipinski definition) is 0. The van der Waals surface area contributed by atoms with Crippen LogP contribution < -0.4 is 0 Å². The minimum atomic E-state index is -0.748. The number of carbonyl (C=O) groups excluding carboxylic acids is 1. The van der Waals surface area contributed by atoms with Crippen LogP contribution >= 0.6 is 0 Å².